The fourth-order valence-corrected chi connectivity index (χ4v) is 3.01. The van der Waals surface area contributed by atoms with Crippen LogP contribution in [0.3, 0.4) is 0 Å². The van der Waals surface area contributed by atoms with Gasteiger partial charge in [-0.25, -0.2) is 0 Å². The smallest absolute Gasteiger partial charge is 0.193 e. The van der Waals surface area contributed by atoms with Gasteiger partial charge in [-0.05, 0) is 55.8 Å². The van der Waals surface area contributed by atoms with Gasteiger partial charge < -0.3 is 14.2 Å². The van der Waals surface area contributed by atoms with Crippen molar-refractivity contribution in [1.29, 1.82) is 0 Å². The van der Waals surface area contributed by atoms with Crippen molar-refractivity contribution in [1.82, 2.24) is 0 Å². The highest BCUT2D eigenvalue weighted by atomic mass is 35.5. The Balaban J connectivity index is 1.79. The SMILES string of the molecule is CCC1COC(C)(c2ccc(Oc3ccc(Cl)cc3)cc2Cl)O1. The van der Waals surface area contributed by atoms with Crippen LogP contribution < -0.4 is 4.74 Å². The van der Waals surface area contributed by atoms with E-state index >= 15 is 0 Å². The van der Waals surface area contributed by atoms with Crippen LogP contribution in [-0.4, -0.2) is 12.7 Å². The molecule has 122 valence electrons. The highest BCUT2D eigenvalue weighted by Crippen LogP contribution is 2.40. The zero-order valence-corrected chi connectivity index (χ0v) is 14.5. The molecule has 0 spiro atoms. The van der Waals surface area contributed by atoms with E-state index in [9.17, 15) is 0 Å². The molecule has 2 aromatic rings. The predicted molar refractivity (Wildman–Crippen MR) is 91.4 cm³/mol. The van der Waals surface area contributed by atoms with E-state index in [4.69, 9.17) is 37.4 Å². The quantitative estimate of drug-likeness (QED) is 0.697. The summed E-state index contributed by atoms with van der Waals surface area (Å²) < 4.78 is 17.6. The van der Waals surface area contributed by atoms with Gasteiger partial charge in [-0.15, -0.1) is 0 Å². The zero-order valence-electron chi connectivity index (χ0n) is 13.0. The lowest BCUT2D eigenvalue weighted by Gasteiger charge is -2.25. The van der Waals surface area contributed by atoms with E-state index < -0.39 is 5.79 Å². The van der Waals surface area contributed by atoms with Crippen molar-refractivity contribution in [2.45, 2.75) is 32.2 Å². The molecule has 0 saturated carbocycles. The van der Waals surface area contributed by atoms with E-state index in [1.165, 1.54) is 0 Å². The maximum atomic E-state index is 6.42. The van der Waals surface area contributed by atoms with Gasteiger partial charge in [-0.1, -0.05) is 30.1 Å². The lowest BCUT2D eigenvalue weighted by atomic mass is 10.1. The Labute approximate surface area is 146 Å². The predicted octanol–water partition coefficient (Wildman–Crippen LogP) is 5.78. The summed E-state index contributed by atoms with van der Waals surface area (Å²) in [5.74, 6) is 0.537. The second-order valence-corrected chi connectivity index (χ2v) is 6.45. The van der Waals surface area contributed by atoms with E-state index in [1.54, 1.807) is 30.3 Å². The Morgan fingerprint density at radius 3 is 2.43 bits per heavy atom. The Morgan fingerprint density at radius 1 is 1.13 bits per heavy atom. The monoisotopic (exact) mass is 352 g/mol. The first kappa shape index (κ1) is 16.6. The molecule has 1 fully saturated rings. The third-order valence-electron chi connectivity index (χ3n) is 3.87. The molecule has 3 nitrogen and oxygen atoms in total. The normalized spacial score (nSPS) is 23.9. The number of benzene rings is 2. The van der Waals surface area contributed by atoms with E-state index in [0.29, 0.717) is 28.2 Å². The Hall–Kier alpha value is -1.26. The van der Waals surface area contributed by atoms with Gasteiger partial charge in [0.05, 0.1) is 17.7 Å². The summed E-state index contributed by atoms with van der Waals surface area (Å²) in [6, 6.07) is 12.7. The molecule has 0 aromatic heterocycles. The largest absolute Gasteiger partial charge is 0.457 e. The van der Waals surface area contributed by atoms with Crippen LogP contribution in [0.25, 0.3) is 0 Å². The van der Waals surface area contributed by atoms with E-state index in [1.807, 2.05) is 19.1 Å². The molecule has 1 heterocycles. The Bertz CT molecular complexity index is 687. The molecule has 0 bridgehead atoms. The average molecular weight is 353 g/mol. The minimum absolute atomic E-state index is 0.0982. The number of halogens is 2. The molecular weight excluding hydrogens is 335 g/mol. The number of hydrogen-bond acceptors (Lipinski definition) is 3. The van der Waals surface area contributed by atoms with Crippen molar-refractivity contribution in [3.63, 3.8) is 0 Å². The molecular formula is C18H18Cl2O3. The molecule has 23 heavy (non-hydrogen) atoms. The molecule has 1 aliphatic heterocycles. The van der Waals surface area contributed by atoms with Gasteiger partial charge in [0.25, 0.3) is 0 Å². The molecule has 0 radical (unpaired) electrons. The summed E-state index contributed by atoms with van der Waals surface area (Å²) in [7, 11) is 0. The van der Waals surface area contributed by atoms with Crippen LogP contribution in [0.5, 0.6) is 11.5 Å². The Kier molecular flexibility index (Phi) is 4.83. The van der Waals surface area contributed by atoms with Crippen LogP contribution >= 0.6 is 23.2 Å². The van der Waals surface area contributed by atoms with Crippen LogP contribution in [0, 0.1) is 0 Å². The van der Waals surface area contributed by atoms with Crippen molar-refractivity contribution in [2.24, 2.45) is 0 Å². The summed E-state index contributed by atoms with van der Waals surface area (Å²) in [6.07, 6.45) is 1.01. The van der Waals surface area contributed by atoms with Crippen molar-refractivity contribution < 1.29 is 14.2 Å². The Morgan fingerprint density at radius 2 is 1.83 bits per heavy atom. The standard InChI is InChI=1S/C18H18Cl2O3/c1-3-13-11-21-18(2,23-13)16-9-8-15(10-17(16)20)22-14-6-4-12(19)5-7-14/h4-10,13H,3,11H2,1-2H3. The van der Waals surface area contributed by atoms with Gasteiger partial charge in [0, 0.05) is 10.6 Å². The maximum Gasteiger partial charge on any atom is 0.193 e. The van der Waals surface area contributed by atoms with Gasteiger partial charge in [0.1, 0.15) is 11.5 Å². The summed E-state index contributed by atoms with van der Waals surface area (Å²) in [5.41, 5.74) is 0.804. The molecule has 5 heteroatoms. The summed E-state index contributed by atoms with van der Waals surface area (Å²) in [6.45, 7) is 4.54. The first-order valence-corrected chi connectivity index (χ1v) is 8.31. The molecule has 2 unspecified atom stereocenters. The first-order chi connectivity index (χ1) is 11.0. The molecule has 0 aliphatic carbocycles. The van der Waals surface area contributed by atoms with Crippen LogP contribution in [-0.2, 0) is 15.3 Å². The lowest BCUT2D eigenvalue weighted by molar-refractivity contribution is -0.161. The summed E-state index contributed by atoms with van der Waals surface area (Å²) in [5, 5.41) is 1.22. The molecule has 0 amide bonds. The average Bonchev–Trinajstić information content (AvgIpc) is 2.92. The van der Waals surface area contributed by atoms with Gasteiger partial charge in [0.2, 0.25) is 0 Å². The number of rotatable bonds is 4. The minimum atomic E-state index is -0.809. The van der Waals surface area contributed by atoms with Crippen molar-refractivity contribution >= 4 is 23.2 Å². The third kappa shape index (κ3) is 3.64. The lowest BCUT2D eigenvalue weighted by Crippen LogP contribution is -2.24. The van der Waals surface area contributed by atoms with Crippen LogP contribution in [0.2, 0.25) is 10.0 Å². The second-order valence-electron chi connectivity index (χ2n) is 5.60. The van der Waals surface area contributed by atoms with Crippen molar-refractivity contribution in [2.75, 3.05) is 6.61 Å². The molecule has 2 atom stereocenters. The topological polar surface area (TPSA) is 27.7 Å². The fraction of sp³-hybridized carbons (Fsp3) is 0.333. The summed E-state index contributed by atoms with van der Waals surface area (Å²) >= 11 is 12.3. The van der Waals surface area contributed by atoms with Crippen LogP contribution in [0.15, 0.2) is 42.5 Å². The van der Waals surface area contributed by atoms with Crippen LogP contribution in [0.1, 0.15) is 25.8 Å². The van der Waals surface area contributed by atoms with Gasteiger partial charge in [0.15, 0.2) is 5.79 Å². The van der Waals surface area contributed by atoms with E-state index in [0.717, 1.165) is 12.0 Å². The first-order valence-electron chi connectivity index (χ1n) is 7.55. The number of hydrogen-bond donors (Lipinski definition) is 0. The molecule has 0 N–H and O–H groups in total. The zero-order chi connectivity index (χ0) is 16.4. The molecule has 2 aromatic carbocycles. The molecule has 1 saturated heterocycles. The molecule has 1 aliphatic rings. The van der Waals surface area contributed by atoms with Crippen molar-refractivity contribution in [3.05, 3.63) is 58.1 Å². The van der Waals surface area contributed by atoms with E-state index in [2.05, 4.69) is 6.92 Å². The summed E-state index contributed by atoms with van der Waals surface area (Å²) in [4.78, 5) is 0. The number of ether oxygens (including phenoxy) is 3. The van der Waals surface area contributed by atoms with E-state index in [-0.39, 0.29) is 6.10 Å². The highest BCUT2D eigenvalue weighted by Gasteiger charge is 2.39. The molecule has 3 rings (SSSR count). The van der Waals surface area contributed by atoms with Crippen molar-refractivity contribution in [3.8, 4) is 11.5 Å². The van der Waals surface area contributed by atoms with Crippen LogP contribution in [0.4, 0.5) is 0 Å². The minimum Gasteiger partial charge on any atom is -0.457 e. The van der Waals surface area contributed by atoms with Gasteiger partial charge >= 0.3 is 0 Å². The second kappa shape index (κ2) is 6.70. The van der Waals surface area contributed by atoms with Gasteiger partial charge in [-0.2, -0.15) is 0 Å². The maximum absolute atomic E-state index is 6.42. The fourth-order valence-electron chi connectivity index (χ4n) is 2.55. The highest BCUT2D eigenvalue weighted by molar-refractivity contribution is 6.31. The van der Waals surface area contributed by atoms with Gasteiger partial charge in [-0.3, -0.25) is 0 Å². The third-order valence-corrected chi connectivity index (χ3v) is 4.44.